The van der Waals surface area contributed by atoms with Crippen LogP contribution in [0.3, 0.4) is 0 Å². The molecule has 1 rings (SSSR count). The van der Waals surface area contributed by atoms with Gasteiger partial charge in [0.2, 0.25) is 0 Å². The van der Waals surface area contributed by atoms with E-state index in [9.17, 15) is 4.79 Å². The highest BCUT2D eigenvalue weighted by molar-refractivity contribution is 5.69. The van der Waals surface area contributed by atoms with Gasteiger partial charge in [0, 0.05) is 19.2 Å². The van der Waals surface area contributed by atoms with Gasteiger partial charge in [0.15, 0.2) is 0 Å². The molecule has 0 aromatic carbocycles. The molecule has 1 aliphatic carbocycles. The Morgan fingerprint density at radius 2 is 2.00 bits per heavy atom. The first kappa shape index (κ1) is 15.4. The second-order valence-corrected chi connectivity index (χ2v) is 5.60. The Hall–Kier alpha value is -0.610. The molecule has 0 amide bonds. The fourth-order valence-electron chi connectivity index (χ4n) is 2.44. The second kappa shape index (κ2) is 8.48. The van der Waals surface area contributed by atoms with Crippen LogP contribution in [0.4, 0.5) is 0 Å². The van der Waals surface area contributed by atoms with Crippen LogP contribution in [0.15, 0.2) is 0 Å². The Morgan fingerprint density at radius 3 is 2.56 bits per heavy atom. The first-order valence-corrected chi connectivity index (χ1v) is 7.13. The van der Waals surface area contributed by atoms with Crippen LogP contribution in [0.5, 0.6) is 0 Å². The van der Waals surface area contributed by atoms with E-state index in [1.54, 1.807) is 0 Å². The molecule has 106 valence electrons. The minimum atomic E-state index is -0.732. The molecule has 1 fully saturated rings. The molecule has 1 saturated carbocycles. The molecule has 0 atom stereocenters. The molecule has 0 saturated heterocycles. The van der Waals surface area contributed by atoms with Crippen LogP contribution < -0.4 is 0 Å². The van der Waals surface area contributed by atoms with Crippen LogP contribution >= 0.6 is 0 Å². The van der Waals surface area contributed by atoms with E-state index in [1.165, 1.54) is 12.8 Å². The lowest BCUT2D eigenvalue weighted by Gasteiger charge is -2.26. The van der Waals surface area contributed by atoms with Crippen molar-refractivity contribution in [1.29, 1.82) is 0 Å². The van der Waals surface area contributed by atoms with Crippen molar-refractivity contribution in [3.05, 3.63) is 0 Å². The molecular formula is C14H27NO3. The van der Waals surface area contributed by atoms with E-state index in [4.69, 9.17) is 9.84 Å². The molecule has 0 radical (unpaired) electrons. The summed E-state index contributed by atoms with van der Waals surface area (Å²) in [5.74, 6) is -0.0703. The summed E-state index contributed by atoms with van der Waals surface area (Å²) < 4.78 is 5.58. The van der Waals surface area contributed by atoms with Gasteiger partial charge in [-0.3, -0.25) is 9.69 Å². The standard InChI is InChI=1S/C14H27NO3/c1-12(2)7-9-18-10-8-15(11-14(16)17)13-5-3-4-6-13/h12-13H,3-11H2,1-2H3,(H,16,17). The van der Waals surface area contributed by atoms with E-state index in [0.29, 0.717) is 18.6 Å². The molecule has 4 nitrogen and oxygen atoms in total. The van der Waals surface area contributed by atoms with Gasteiger partial charge in [0.05, 0.1) is 13.2 Å². The number of ether oxygens (including phenoxy) is 1. The highest BCUT2D eigenvalue weighted by Gasteiger charge is 2.23. The van der Waals surface area contributed by atoms with Crippen LogP contribution in [0, 0.1) is 5.92 Å². The predicted molar refractivity (Wildman–Crippen MR) is 71.7 cm³/mol. The maximum atomic E-state index is 10.9. The van der Waals surface area contributed by atoms with E-state index in [2.05, 4.69) is 18.7 Å². The normalized spacial score (nSPS) is 16.9. The maximum absolute atomic E-state index is 10.9. The predicted octanol–water partition coefficient (Wildman–Crippen LogP) is 2.38. The molecule has 0 unspecified atom stereocenters. The number of rotatable bonds is 9. The van der Waals surface area contributed by atoms with Crippen molar-refractivity contribution >= 4 is 5.97 Å². The lowest BCUT2D eigenvalue weighted by atomic mass is 10.1. The zero-order valence-corrected chi connectivity index (χ0v) is 11.7. The van der Waals surface area contributed by atoms with Gasteiger partial charge in [-0.2, -0.15) is 0 Å². The Balaban J connectivity index is 2.21. The highest BCUT2D eigenvalue weighted by atomic mass is 16.5. The third-order valence-corrected chi connectivity index (χ3v) is 3.54. The first-order chi connectivity index (χ1) is 8.59. The van der Waals surface area contributed by atoms with Gasteiger partial charge in [-0.15, -0.1) is 0 Å². The lowest BCUT2D eigenvalue weighted by molar-refractivity contribution is -0.139. The van der Waals surface area contributed by atoms with Gasteiger partial charge in [-0.25, -0.2) is 0 Å². The fourth-order valence-corrected chi connectivity index (χ4v) is 2.44. The Kier molecular flexibility index (Phi) is 7.28. The molecule has 0 aromatic rings. The molecule has 1 aliphatic rings. The summed E-state index contributed by atoms with van der Waals surface area (Å²) in [7, 11) is 0. The largest absolute Gasteiger partial charge is 0.480 e. The topological polar surface area (TPSA) is 49.8 Å². The Labute approximate surface area is 110 Å². The van der Waals surface area contributed by atoms with Crippen molar-refractivity contribution in [2.24, 2.45) is 5.92 Å². The van der Waals surface area contributed by atoms with Crippen molar-refractivity contribution < 1.29 is 14.6 Å². The Bertz CT molecular complexity index is 237. The van der Waals surface area contributed by atoms with Crippen LogP contribution in [-0.4, -0.2) is 48.3 Å². The molecule has 4 heteroatoms. The summed E-state index contributed by atoms with van der Waals surface area (Å²) in [6.45, 7) is 6.68. The number of nitrogens with zero attached hydrogens (tertiary/aromatic N) is 1. The number of carbonyl (C=O) groups is 1. The van der Waals surface area contributed by atoms with E-state index < -0.39 is 5.97 Å². The first-order valence-electron chi connectivity index (χ1n) is 7.13. The van der Waals surface area contributed by atoms with E-state index in [-0.39, 0.29) is 6.54 Å². The SMILES string of the molecule is CC(C)CCOCCN(CC(=O)O)C1CCCC1. The third-order valence-electron chi connectivity index (χ3n) is 3.54. The molecule has 0 bridgehead atoms. The number of hydrogen-bond donors (Lipinski definition) is 1. The van der Waals surface area contributed by atoms with Crippen molar-refractivity contribution in [3.8, 4) is 0 Å². The Morgan fingerprint density at radius 1 is 1.33 bits per heavy atom. The molecule has 18 heavy (non-hydrogen) atoms. The minimum absolute atomic E-state index is 0.151. The average molecular weight is 257 g/mol. The van der Waals surface area contributed by atoms with Crippen molar-refractivity contribution in [3.63, 3.8) is 0 Å². The fraction of sp³-hybridized carbons (Fsp3) is 0.929. The van der Waals surface area contributed by atoms with Gasteiger partial charge in [-0.1, -0.05) is 26.7 Å². The zero-order valence-electron chi connectivity index (χ0n) is 11.7. The quantitative estimate of drug-likeness (QED) is 0.644. The van der Waals surface area contributed by atoms with Crippen molar-refractivity contribution in [2.45, 2.75) is 52.0 Å². The number of carboxylic acids is 1. The molecule has 0 spiro atoms. The van der Waals surface area contributed by atoms with Gasteiger partial charge in [-0.05, 0) is 25.2 Å². The van der Waals surface area contributed by atoms with E-state index in [1.807, 2.05) is 0 Å². The van der Waals surface area contributed by atoms with Gasteiger partial charge < -0.3 is 9.84 Å². The summed E-state index contributed by atoms with van der Waals surface area (Å²) in [5, 5.41) is 8.94. The van der Waals surface area contributed by atoms with Gasteiger partial charge in [0.25, 0.3) is 0 Å². The molecule has 1 N–H and O–H groups in total. The number of aliphatic carboxylic acids is 1. The van der Waals surface area contributed by atoms with Gasteiger partial charge in [0.1, 0.15) is 0 Å². The average Bonchev–Trinajstić information content (AvgIpc) is 2.79. The van der Waals surface area contributed by atoms with E-state index >= 15 is 0 Å². The molecule has 0 aromatic heterocycles. The van der Waals surface area contributed by atoms with Crippen LogP contribution in [-0.2, 0) is 9.53 Å². The maximum Gasteiger partial charge on any atom is 0.317 e. The summed E-state index contributed by atoms with van der Waals surface area (Å²) in [6, 6.07) is 0.454. The van der Waals surface area contributed by atoms with Crippen LogP contribution in [0.1, 0.15) is 46.0 Å². The minimum Gasteiger partial charge on any atom is -0.480 e. The second-order valence-electron chi connectivity index (χ2n) is 5.60. The molecule has 0 heterocycles. The van der Waals surface area contributed by atoms with Crippen LogP contribution in [0.25, 0.3) is 0 Å². The molecule has 0 aliphatic heterocycles. The summed E-state index contributed by atoms with van der Waals surface area (Å²) in [6.07, 6.45) is 5.81. The highest BCUT2D eigenvalue weighted by Crippen LogP contribution is 2.23. The zero-order chi connectivity index (χ0) is 13.4. The van der Waals surface area contributed by atoms with Crippen molar-refractivity contribution in [1.82, 2.24) is 4.90 Å². The smallest absolute Gasteiger partial charge is 0.317 e. The van der Waals surface area contributed by atoms with Crippen molar-refractivity contribution in [2.75, 3.05) is 26.3 Å². The summed E-state index contributed by atoms with van der Waals surface area (Å²) >= 11 is 0. The number of carboxylic acid groups (broad SMARTS) is 1. The number of hydrogen-bond acceptors (Lipinski definition) is 3. The van der Waals surface area contributed by atoms with E-state index in [0.717, 1.165) is 32.4 Å². The third kappa shape index (κ3) is 6.36. The summed E-state index contributed by atoms with van der Waals surface area (Å²) in [5.41, 5.74) is 0. The molecular weight excluding hydrogens is 230 g/mol. The lowest BCUT2D eigenvalue weighted by Crippen LogP contribution is -2.39. The summed E-state index contributed by atoms with van der Waals surface area (Å²) in [4.78, 5) is 12.9. The van der Waals surface area contributed by atoms with Crippen LogP contribution in [0.2, 0.25) is 0 Å². The van der Waals surface area contributed by atoms with Gasteiger partial charge >= 0.3 is 5.97 Å². The monoisotopic (exact) mass is 257 g/mol.